The highest BCUT2D eigenvalue weighted by atomic mass is 19.4. The maximum atomic E-state index is 12.8. The average Bonchev–Trinajstić information content (AvgIpc) is 2.76. The summed E-state index contributed by atoms with van der Waals surface area (Å²) >= 11 is 0. The normalized spacial score (nSPS) is 15.1. The number of carbonyl (C=O) groups excluding carboxylic acids is 1. The van der Waals surface area contributed by atoms with E-state index >= 15 is 0 Å². The second-order valence-corrected chi connectivity index (χ2v) is 7.15. The van der Waals surface area contributed by atoms with E-state index in [2.05, 4.69) is 22.1 Å². The molecule has 3 N–H and O–H groups in total. The second-order valence-electron chi connectivity index (χ2n) is 7.15. The standard InChI is InChI=1S/C22H19F3N2O6/c23-22(24,25)15-1-3-16(4-2-15)33-21(7-9-32-10-8-21)6-5-14-11-17(28)19(26-12-14)20(31)27-13-18(29)30/h1-4,11-12,28H,7-10,13H2,(H,27,31)(H,29,30). The van der Waals surface area contributed by atoms with Crippen molar-refractivity contribution in [2.45, 2.75) is 24.6 Å². The molecule has 11 heteroatoms. The Morgan fingerprint density at radius 3 is 2.45 bits per heavy atom. The first-order chi connectivity index (χ1) is 15.6. The minimum atomic E-state index is -4.46. The van der Waals surface area contributed by atoms with Gasteiger partial charge in [0.1, 0.15) is 18.0 Å². The zero-order chi connectivity index (χ0) is 24.1. The molecule has 1 aliphatic heterocycles. The lowest BCUT2D eigenvalue weighted by Crippen LogP contribution is -2.40. The van der Waals surface area contributed by atoms with Crippen LogP contribution in [0.15, 0.2) is 36.5 Å². The van der Waals surface area contributed by atoms with Gasteiger partial charge >= 0.3 is 12.1 Å². The summed E-state index contributed by atoms with van der Waals surface area (Å²) in [5, 5.41) is 20.8. The first-order valence-corrected chi connectivity index (χ1v) is 9.74. The Kier molecular flexibility index (Phi) is 7.08. The van der Waals surface area contributed by atoms with Crippen molar-refractivity contribution in [3.05, 3.63) is 53.3 Å². The summed E-state index contributed by atoms with van der Waals surface area (Å²) in [5.41, 5.74) is -1.94. The fraction of sp³-hybridized carbons (Fsp3) is 0.318. The Balaban J connectivity index is 1.80. The minimum absolute atomic E-state index is 0.214. The number of nitrogens with zero attached hydrogens (tertiary/aromatic N) is 1. The van der Waals surface area contributed by atoms with Crippen LogP contribution >= 0.6 is 0 Å². The highest BCUT2D eigenvalue weighted by molar-refractivity contribution is 5.96. The molecule has 0 bridgehead atoms. The summed E-state index contributed by atoms with van der Waals surface area (Å²) < 4.78 is 49.7. The van der Waals surface area contributed by atoms with E-state index in [4.69, 9.17) is 14.6 Å². The molecular weight excluding hydrogens is 445 g/mol. The van der Waals surface area contributed by atoms with Crippen LogP contribution in [0.1, 0.15) is 34.5 Å². The molecule has 0 spiro atoms. The quantitative estimate of drug-likeness (QED) is 0.582. The summed E-state index contributed by atoms with van der Waals surface area (Å²) in [6.07, 6.45) is -2.51. The van der Waals surface area contributed by atoms with Gasteiger partial charge in [-0.25, -0.2) is 4.98 Å². The van der Waals surface area contributed by atoms with Crippen molar-refractivity contribution in [2.24, 2.45) is 0 Å². The van der Waals surface area contributed by atoms with Crippen LogP contribution in [0.3, 0.4) is 0 Å². The maximum Gasteiger partial charge on any atom is 0.416 e. The molecule has 2 heterocycles. The Morgan fingerprint density at radius 2 is 1.88 bits per heavy atom. The third-order valence-corrected chi connectivity index (χ3v) is 4.71. The number of amides is 1. The molecular formula is C22H19F3N2O6. The lowest BCUT2D eigenvalue weighted by atomic mass is 9.94. The topological polar surface area (TPSA) is 118 Å². The Labute approximate surface area is 186 Å². The third kappa shape index (κ3) is 6.36. The van der Waals surface area contributed by atoms with Crippen molar-refractivity contribution in [1.82, 2.24) is 10.3 Å². The number of aromatic hydroxyl groups is 1. The SMILES string of the molecule is O=C(O)CNC(=O)c1ncc(C#CC2(Oc3ccc(C(F)(F)F)cc3)CCOCC2)cc1O. The Morgan fingerprint density at radius 1 is 1.21 bits per heavy atom. The number of aromatic nitrogens is 1. The molecule has 174 valence electrons. The van der Waals surface area contributed by atoms with Crippen molar-refractivity contribution >= 4 is 11.9 Å². The molecule has 8 nitrogen and oxygen atoms in total. The Hall–Kier alpha value is -3.78. The van der Waals surface area contributed by atoms with Gasteiger partial charge in [0.2, 0.25) is 0 Å². The van der Waals surface area contributed by atoms with Gasteiger partial charge < -0.3 is 25.0 Å². The fourth-order valence-electron chi connectivity index (χ4n) is 3.01. The first kappa shape index (κ1) is 23.9. The molecule has 0 saturated carbocycles. The highest BCUT2D eigenvalue weighted by Gasteiger charge is 2.34. The summed E-state index contributed by atoms with van der Waals surface area (Å²) in [6.45, 7) is 0.0381. The van der Waals surface area contributed by atoms with Crippen LogP contribution in [-0.2, 0) is 15.7 Å². The molecule has 1 aromatic carbocycles. The number of carboxylic acids is 1. The lowest BCUT2D eigenvalue weighted by molar-refractivity contribution is -0.138. The number of carbonyl (C=O) groups is 2. The van der Waals surface area contributed by atoms with E-state index in [0.717, 1.165) is 12.1 Å². The van der Waals surface area contributed by atoms with Gasteiger partial charge in [-0.2, -0.15) is 13.2 Å². The molecule has 33 heavy (non-hydrogen) atoms. The molecule has 2 aromatic rings. The summed E-state index contributed by atoms with van der Waals surface area (Å²) in [4.78, 5) is 26.3. The van der Waals surface area contributed by atoms with Crippen LogP contribution in [-0.4, -0.2) is 52.4 Å². The number of pyridine rings is 1. The van der Waals surface area contributed by atoms with Gasteiger partial charge in [-0.05, 0) is 36.3 Å². The van der Waals surface area contributed by atoms with Gasteiger partial charge in [0.15, 0.2) is 11.3 Å². The number of benzene rings is 1. The predicted molar refractivity (Wildman–Crippen MR) is 108 cm³/mol. The minimum Gasteiger partial charge on any atom is -0.505 e. The van der Waals surface area contributed by atoms with Crippen LogP contribution in [0.4, 0.5) is 13.2 Å². The van der Waals surface area contributed by atoms with E-state index in [1.165, 1.54) is 24.4 Å². The molecule has 1 saturated heterocycles. The third-order valence-electron chi connectivity index (χ3n) is 4.71. The van der Waals surface area contributed by atoms with Gasteiger partial charge in [0.25, 0.3) is 5.91 Å². The maximum absolute atomic E-state index is 12.8. The van der Waals surface area contributed by atoms with Crippen LogP contribution in [0.2, 0.25) is 0 Å². The monoisotopic (exact) mass is 464 g/mol. The second kappa shape index (κ2) is 9.79. The fourth-order valence-corrected chi connectivity index (χ4v) is 3.01. The molecule has 0 atom stereocenters. The molecule has 1 fully saturated rings. The van der Waals surface area contributed by atoms with Crippen molar-refractivity contribution in [3.63, 3.8) is 0 Å². The van der Waals surface area contributed by atoms with Gasteiger partial charge in [0.05, 0.1) is 18.8 Å². The molecule has 0 aliphatic carbocycles. The zero-order valence-corrected chi connectivity index (χ0v) is 17.1. The number of halogens is 3. The number of hydrogen-bond donors (Lipinski definition) is 3. The predicted octanol–water partition coefficient (Wildman–Crippen LogP) is 2.60. The van der Waals surface area contributed by atoms with Crippen LogP contribution in [0.5, 0.6) is 11.5 Å². The smallest absolute Gasteiger partial charge is 0.416 e. The van der Waals surface area contributed by atoms with E-state index in [9.17, 15) is 27.9 Å². The summed E-state index contributed by atoms with van der Waals surface area (Å²) in [6, 6.07) is 5.48. The number of aliphatic carboxylic acids is 1. The molecule has 1 amide bonds. The van der Waals surface area contributed by atoms with E-state index in [-0.39, 0.29) is 17.0 Å². The number of carboxylic acid groups (broad SMARTS) is 1. The van der Waals surface area contributed by atoms with E-state index < -0.39 is 41.5 Å². The zero-order valence-electron chi connectivity index (χ0n) is 17.1. The van der Waals surface area contributed by atoms with E-state index in [1.54, 1.807) is 0 Å². The largest absolute Gasteiger partial charge is 0.505 e. The first-order valence-electron chi connectivity index (χ1n) is 9.74. The molecule has 3 rings (SSSR count). The van der Waals surface area contributed by atoms with Gasteiger partial charge in [-0.15, -0.1) is 0 Å². The lowest BCUT2D eigenvalue weighted by Gasteiger charge is -2.33. The summed E-state index contributed by atoms with van der Waals surface area (Å²) in [7, 11) is 0. The van der Waals surface area contributed by atoms with E-state index in [0.29, 0.717) is 26.1 Å². The van der Waals surface area contributed by atoms with Gasteiger partial charge in [-0.1, -0.05) is 5.92 Å². The molecule has 0 radical (unpaired) electrons. The number of hydrogen-bond acceptors (Lipinski definition) is 6. The molecule has 1 aliphatic rings. The number of ether oxygens (including phenoxy) is 2. The Bertz CT molecular complexity index is 1080. The average molecular weight is 464 g/mol. The van der Waals surface area contributed by atoms with Crippen LogP contribution in [0.25, 0.3) is 0 Å². The number of nitrogens with one attached hydrogen (secondary N) is 1. The highest BCUT2D eigenvalue weighted by Crippen LogP contribution is 2.32. The van der Waals surface area contributed by atoms with E-state index in [1.807, 2.05) is 0 Å². The number of alkyl halides is 3. The van der Waals surface area contributed by atoms with Crippen LogP contribution < -0.4 is 10.1 Å². The number of rotatable bonds is 5. The summed E-state index contributed by atoms with van der Waals surface area (Å²) in [5.74, 6) is 3.38. The molecule has 1 aromatic heterocycles. The van der Waals surface area contributed by atoms with Gasteiger partial charge in [-0.3, -0.25) is 9.59 Å². The van der Waals surface area contributed by atoms with Crippen molar-refractivity contribution in [3.8, 4) is 23.3 Å². The van der Waals surface area contributed by atoms with Gasteiger partial charge in [0, 0.05) is 24.6 Å². The van der Waals surface area contributed by atoms with Crippen molar-refractivity contribution < 1.29 is 42.4 Å². The van der Waals surface area contributed by atoms with Crippen molar-refractivity contribution in [2.75, 3.05) is 19.8 Å². The molecule has 0 unspecified atom stereocenters. The van der Waals surface area contributed by atoms with Crippen molar-refractivity contribution in [1.29, 1.82) is 0 Å². The van der Waals surface area contributed by atoms with Crippen LogP contribution in [0, 0.1) is 11.8 Å².